The Balaban J connectivity index is 2.92. The third-order valence-electron chi connectivity index (χ3n) is 2.15. The number of halogens is 3. The van der Waals surface area contributed by atoms with E-state index < -0.39 is 24.1 Å². The molecule has 2 unspecified atom stereocenters. The number of aliphatic hydroxyl groups is 2. The highest BCUT2D eigenvalue weighted by Crippen LogP contribution is 2.28. The molecule has 1 heterocycles. The number of pyridine rings is 1. The van der Waals surface area contributed by atoms with Crippen molar-refractivity contribution in [3.8, 4) is 0 Å². The molecule has 1 aromatic rings. The van der Waals surface area contributed by atoms with Gasteiger partial charge in [-0.1, -0.05) is 6.07 Å². The van der Waals surface area contributed by atoms with E-state index in [1.807, 2.05) is 0 Å². The number of hydrogen-bond donors (Lipinski definition) is 3. The predicted octanol–water partition coefficient (Wildman–Crippen LogP) is 1.81. The molecule has 3 nitrogen and oxygen atoms in total. The van der Waals surface area contributed by atoms with Gasteiger partial charge in [0.2, 0.25) is 0 Å². The zero-order valence-electron chi connectivity index (χ0n) is 8.72. The highest BCUT2D eigenvalue weighted by atomic mass is 32.1. The van der Waals surface area contributed by atoms with Crippen molar-refractivity contribution >= 4 is 12.6 Å². The van der Waals surface area contributed by atoms with Crippen LogP contribution < -0.4 is 0 Å². The summed E-state index contributed by atoms with van der Waals surface area (Å²) in [6.45, 7) is 0. The molecule has 2 N–H and O–H groups in total. The van der Waals surface area contributed by atoms with Gasteiger partial charge in [0.1, 0.15) is 11.8 Å². The Bertz CT molecular complexity index is 373. The van der Waals surface area contributed by atoms with Crippen molar-refractivity contribution in [1.29, 1.82) is 0 Å². The Hall–Kier alpha value is -0.790. The first-order valence-electron chi connectivity index (χ1n) is 4.87. The van der Waals surface area contributed by atoms with E-state index >= 15 is 0 Å². The van der Waals surface area contributed by atoms with Gasteiger partial charge in [0.25, 0.3) is 0 Å². The van der Waals surface area contributed by atoms with Crippen molar-refractivity contribution in [2.45, 2.75) is 24.8 Å². The van der Waals surface area contributed by atoms with Crippen LogP contribution >= 0.6 is 12.6 Å². The van der Waals surface area contributed by atoms with Crippen LogP contribution in [0.4, 0.5) is 13.2 Å². The van der Waals surface area contributed by atoms with Crippen LogP contribution in [0, 0.1) is 0 Å². The fourth-order valence-electron chi connectivity index (χ4n) is 1.26. The number of aromatic nitrogens is 1. The molecule has 0 aliphatic heterocycles. The standard InChI is InChI=1S/C10H12F3NO2S/c11-10(12,13)8-3-1-2-6(14-8)9(16)7(15)4-5-17/h1-3,7,9,15-17H,4-5H2. The van der Waals surface area contributed by atoms with Crippen molar-refractivity contribution in [1.82, 2.24) is 4.98 Å². The van der Waals surface area contributed by atoms with Crippen LogP contribution in [-0.2, 0) is 6.18 Å². The number of alkyl halides is 3. The molecule has 0 aromatic carbocycles. The fourth-order valence-corrected chi connectivity index (χ4v) is 1.53. The second-order valence-corrected chi connectivity index (χ2v) is 3.92. The maximum absolute atomic E-state index is 12.4. The first-order chi connectivity index (χ1) is 7.86. The topological polar surface area (TPSA) is 53.4 Å². The van der Waals surface area contributed by atoms with Crippen LogP contribution in [0.2, 0.25) is 0 Å². The summed E-state index contributed by atoms with van der Waals surface area (Å²) in [6, 6.07) is 3.19. The molecule has 0 amide bonds. The van der Waals surface area contributed by atoms with Gasteiger partial charge in [-0.25, -0.2) is 4.98 Å². The van der Waals surface area contributed by atoms with Gasteiger partial charge in [-0.3, -0.25) is 0 Å². The predicted molar refractivity (Wildman–Crippen MR) is 58.7 cm³/mol. The van der Waals surface area contributed by atoms with E-state index in [1.165, 1.54) is 6.07 Å². The molecule has 0 fully saturated rings. The smallest absolute Gasteiger partial charge is 0.390 e. The van der Waals surface area contributed by atoms with E-state index in [0.29, 0.717) is 5.75 Å². The van der Waals surface area contributed by atoms with E-state index in [-0.39, 0.29) is 12.1 Å². The summed E-state index contributed by atoms with van der Waals surface area (Å²) >= 11 is 3.86. The molecule has 1 aromatic heterocycles. The first kappa shape index (κ1) is 14.3. The molecule has 96 valence electrons. The van der Waals surface area contributed by atoms with Gasteiger partial charge in [-0.2, -0.15) is 25.8 Å². The summed E-state index contributed by atoms with van der Waals surface area (Å²) in [6.07, 6.45) is -7.01. The van der Waals surface area contributed by atoms with Crippen molar-refractivity contribution < 1.29 is 23.4 Å². The average Bonchev–Trinajstić information content (AvgIpc) is 2.27. The number of aliphatic hydroxyl groups excluding tert-OH is 2. The Labute approximate surface area is 102 Å². The van der Waals surface area contributed by atoms with Crippen molar-refractivity contribution in [3.63, 3.8) is 0 Å². The second kappa shape index (κ2) is 5.70. The quantitative estimate of drug-likeness (QED) is 0.729. The summed E-state index contributed by atoms with van der Waals surface area (Å²) < 4.78 is 37.1. The average molecular weight is 267 g/mol. The Morgan fingerprint density at radius 3 is 2.47 bits per heavy atom. The molecule has 0 radical (unpaired) electrons. The van der Waals surface area contributed by atoms with Crippen molar-refractivity contribution in [3.05, 3.63) is 29.6 Å². The Morgan fingerprint density at radius 1 is 1.29 bits per heavy atom. The summed E-state index contributed by atoms with van der Waals surface area (Å²) in [4.78, 5) is 3.29. The zero-order chi connectivity index (χ0) is 13.1. The van der Waals surface area contributed by atoms with Crippen LogP contribution in [0.15, 0.2) is 18.2 Å². The van der Waals surface area contributed by atoms with Gasteiger partial charge in [0.15, 0.2) is 0 Å². The molecule has 0 saturated heterocycles. The third kappa shape index (κ3) is 3.86. The van der Waals surface area contributed by atoms with Crippen LogP contribution in [0.25, 0.3) is 0 Å². The van der Waals surface area contributed by atoms with Gasteiger partial charge in [0.05, 0.1) is 11.8 Å². The van der Waals surface area contributed by atoms with Crippen LogP contribution in [-0.4, -0.2) is 27.1 Å². The molecule has 7 heteroatoms. The molecular weight excluding hydrogens is 255 g/mol. The van der Waals surface area contributed by atoms with Gasteiger partial charge in [0, 0.05) is 0 Å². The highest BCUT2D eigenvalue weighted by molar-refractivity contribution is 7.80. The molecule has 0 spiro atoms. The van der Waals surface area contributed by atoms with E-state index in [0.717, 1.165) is 12.1 Å². The molecule has 17 heavy (non-hydrogen) atoms. The highest BCUT2D eigenvalue weighted by Gasteiger charge is 2.33. The SMILES string of the molecule is OC(CCS)C(O)c1cccc(C(F)(F)F)n1. The summed E-state index contributed by atoms with van der Waals surface area (Å²) in [5, 5.41) is 19.0. The van der Waals surface area contributed by atoms with E-state index in [2.05, 4.69) is 17.6 Å². The monoisotopic (exact) mass is 267 g/mol. The zero-order valence-corrected chi connectivity index (χ0v) is 9.62. The molecular formula is C10H12F3NO2S. The lowest BCUT2D eigenvalue weighted by molar-refractivity contribution is -0.141. The minimum atomic E-state index is -4.57. The number of thiol groups is 1. The Morgan fingerprint density at radius 2 is 1.94 bits per heavy atom. The molecule has 1 rings (SSSR count). The Kier molecular flexibility index (Phi) is 4.79. The minimum Gasteiger partial charge on any atom is -0.390 e. The minimum absolute atomic E-state index is 0.169. The van der Waals surface area contributed by atoms with E-state index in [1.54, 1.807) is 0 Å². The lowest BCUT2D eigenvalue weighted by Gasteiger charge is -2.17. The molecule has 0 aliphatic carbocycles. The number of hydrogen-bond acceptors (Lipinski definition) is 4. The van der Waals surface area contributed by atoms with Crippen molar-refractivity contribution in [2.24, 2.45) is 0 Å². The van der Waals surface area contributed by atoms with Crippen LogP contribution in [0.1, 0.15) is 23.9 Å². The first-order valence-corrected chi connectivity index (χ1v) is 5.50. The largest absolute Gasteiger partial charge is 0.433 e. The summed E-state index contributed by atoms with van der Waals surface area (Å²) in [5.41, 5.74) is -1.29. The lowest BCUT2D eigenvalue weighted by Crippen LogP contribution is -2.21. The van der Waals surface area contributed by atoms with E-state index in [4.69, 9.17) is 0 Å². The maximum Gasteiger partial charge on any atom is 0.433 e. The van der Waals surface area contributed by atoms with Crippen LogP contribution in [0.5, 0.6) is 0 Å². The second-order valence-electron chi connectivity index (χ2n) is 3.47. The number of nitrogens with zero attached hydrogens (tertiary/aromatic N) is 1. The summed E-state index contributed by atoms with van der Waals surface area (Å²) in [7, 11) is 0. The lowest BCUT2D eigenvalue weighted by atomic mass is 10.1. The van der Waals surface area contributed by atoms with Crippen molar-refractivity contribution in [2.75, 3.05) is 5.75 Å². The van der Waals surface area contributed by atoms with Gasteiger partial charge >= 0.3 is 6.18 Å². The van der Waals surface area contributed by atoms with Crippen LogP contribution in [0.3, 0.4) is 0 Å². The molecule has 2 atom stereocenters. The number of rotatable bonds is 4. The maximum atomic E-state index is 12.4. The fraction of sp³-hybridized carbons (Fsp3) is 0.500. The third-order valence-corrected chi connectivity index (χ3v) is 2.41. The van der Waals surface area contributed by atoms with Gasteiger partial charge in [-0.15, -0.1) is 0 Å². The van der Waals surface area contributed by atoms with E-state index in [9.17, 15) is 23.4 Å². The summed E-state index contributed by atoms with van der Waals surface area (Å²) in [5.74, 6) is 0.317. The molecule has 0 aliphatic rings. The van der Waals surface area contributed by atoms with Gasteiger partial charge in [-0.05, 0) is 24.3 Å². The normalized spacial score (nSPS) is 15.6. The molecule has 0 saturated carbocycles. The van der Waals surface area contributed by atoms with Gasteiger partial charge < -0.3 is 10.2 Å². The molecule has 0 bridgehead atoms.